The first-order valence-electron chi connectivity index (χ1n) is 6.98. The highest BCUT2D eigenvalue weighted by atomic mass is 35.5. The van der Waals surface area contributed by atoms with E-state index in [0.717, 1.165) is 28.4 Å². The van der Waals surface area contributed by atoms with Gasteiger partial charge in [-0.2, -0.15) is 0 Å². The van der Waals surface area contributed by atoms with Crippen molar-refractivity contribution < 1.29 is 4.39 Å². The fraction of sp³-hybridized carbons (Fsp3) is 0.294. The van der Waals surface area contributed by atoms with E-state index in [2.05, 4.69) is 25.2 Å². The maximum atomic E-state index is 13.3. The second-order valence-electron chi connectivity index (χ2n) is 5.31. The van der Waals surface area contributed by atoms with Crippen LogP contribution in [0.1, 0.15) is 19.4 Å². The summed E-state index contributed by atoms with van der Waals surface area (Å²) in [5.41, 5.74) is 1.14. The zero-order valence-corrected chi connectivity index (χ0v) is 13.8. The number of benzene rings is 2. The summed E-state index contributed by atoms with van der Waals surface area (Å²) in [5, 5.41) is 4.12. The van der Waals surface area contributed by atoms with E-state index in [9.17, 15) is 4.39 Å². The standard InChI is InChI=1S/C17H19ClFNS/c1-12(2)10-20-11-13-5-3-8-16(18)17(13)21-15-7-4-6-14(19)9-15/h3-9,12,20H,10-11H2,1-2H3. The predicted octanol–water partition coefficient (Wildman–Crippen LogP) is 5.38. The predicted molar refractivity (Wildman–Crippen MR) is 88.5 cm³/mol. The van der Waals surface area contributed by atoms with Crippen LogP contribution in [0.4, 0.5) is 4.39 Å². The van der Waals surface area contributed by atoms with Gasteiger partial charge in [0.25, 0.3) is 0 Å². The van der Waals surface area contributed by atoms with Gasteiger partial charge in [0, 0.05) is 16.3 Å². The van der Waals surface area contributed by atoms with E-state index in [4.69, 9.17) is 11.6 Å². The van der Waals surface area contributed by atoms with Crippen molar-refractivity contribution >= 4 is 23.4 Å². The van der Waals surface area contributed by atoms with Gasteiger partial charge in [0.2, 0.25) is 0 Å². The van der Waals surface area contributed by atoms with Crippen molar-refractivity contribution in [3.05, 3.63) is 58.9 Å². The Morgan fingerprint density at radius 2 is 1.95 bits per heavy atom. The Morgan fingerprint density at radius 1 is 1.19 bits per heavy atom. The maximum absolute atomic E-state index is 13.3. The molecule has 1 N–H and O–H groups in total. The molecule has 0 atom stereocenters. The molecule has 0 amide bonds. The lowest BCUT2D eigenvalue weighted by molar-refractivity contribution is 0.550. The van der Waals surface area contributed by atoms with Gasteiger partial charge >= 0.3 is 0 Å². The van der Waals surface area contributed by atoms with E-state index in [0.29, 0.717) is 10.9 Å². The lowest BCUT2D eigenvalue weighted by atomic mass is 10.2. The molecule has 0 unspecified atom stereocenters. The molecule has 0 radical (unpaired) electrons. The highest BCUT2D eigenvalue weighted by Gasteiger charge is 2.09. The molecular formula is C17H19ClFNS. The number of hydrogen-bond acceptors (Lipinski definition) is 2. The second-order valence-corrected chi connectivity index (χ2v) is 6.80. The third-order valence-electron chi connectivity index (χ3n) is 2.93. The molecule has 0 spiro atoms. The zero-order valence-electron chi connectivity index (χ0n) is 12.2. The summed E-state index contributed by atoms with van der Waals surface area (Å²) < 4.78 is 13.3. The van der Waals surface area contributed by atoms with Crippen molar-refractivity contribution in [2.24, 2.45) is 5.92 Å². The summed E-state index contributed by atoms with van der Waals surface area (Å²) in [7, 11) is 0. The highest BCUT2D eigenvalue weighted by Crippen LogP contribution is 2.36. The van der Waals surface area contributed by atoms with Gasteiger partial charge in [-0.3, -0.25) is 0 Å². The molecule has 0 fully saturated rings. The molecular weight excluding hydrogens is 305 g/mol. The molecule has 0 saturated carbocycles. The quantitative estimate of drug-likeness (QED) is 0.766. The third kappa shape index (κ3) is 5.03. The molecule has 21 heavy (non-hydrogen) atoms. The SMILES string of the molecule is CC(C)CNCc1cccc(Cl)c1Sc1cccc(F)c1. The van der Waals surface area contributed by atoms with Crippen LogP contribution in [0.3, 0.4) is 0 Å². The normalized spacial score (nSPS) is 11.1. The van der Waals surface area contributed by atoms with Crippen molar-refractivity contribution in [2.75, 3.05) is 6.54 Å². The molecule has 2 aromatic rings. The Bertz CT molecular complexity index is 601. The van der Waals surface area contributed by atoms with E-state index < -0.39 is 0 Å². The van der Waals surface area contributed by atoms with Gasteiger partial charge in [0.05, 0.1) is 5.02 Å². The van der Waals surface area contributed by atoms with Crippen LogP contribution in [0, 0.1) is 11.7 Å². The number of rotatable bonds is 6. The summed E-state index contributed by atoms with van der Waals surface area (Å²) >= 11 is 7.82. The van der Waals surface area contributed by atoms with Gasteiger partial charge in [0.1, 0.15) is 5.82 Å². The van der Waals surface area contributed by atoms with Gasteiger partial charge in [-0.15, -0.1) is 0 Å². The van der Waals surface area contributed by atoms with Gasteiger partial charge < -0.3 is 5.32 Å². The lowest BCUT2D eigenvalue weighted by Gasteiger charge is -2.13. The first-order valence-corrected chi connectivity index (χ1v) is 8.17. The lowest BCUT2D eigenvalue weighted by Crippen LogP contribution is -2.19. The summed E-state index contributed by atoms with van der Waals surface area (Å²) in [5.74, 6) is 0.370. The minimum absolute atomic E-state index is 0.230. The van der Waals surface area contributed by atoms with Crippen LogP contribution in [-0.4, -0.2) is 6.54 Å². The van der Waals surface area contributed by atoms with Crippen LogP contribution in [0.25, 0.3) is 0 Å². The molecule has 2 rings (SSSR count). The monoisotopic (exact) mass is 323 g/mol. The highest BCUT2D eigenvalue weighted by molar-refractivity contribution is 7.99. The summed E-state index contributed by atoms with van der Waals surface area (Å²) in [6.45, 7) is 6.06. The van der Waals surface area contributed by atoms with Gasteiger partial charge in [0.15, 0.2) is 0 Å². The summed E-state index contributed by atoms with van der Waals surface area (Å²) in [4.78, 5) is 1.84. The fourth-order valence-corrected chi connectivity index (χ4v) is 3.25. The van der Waals surface area contributed by atoms with Crippen LogP contribution >= 0.6 is 23.4 Å². The Balaban J connectivity index is 2.17. The third-order valence-corrected chi connectivity index (χ3v) is 4.54. The smallest absolute Gasteiger partial charge is 0.124 e. The number of nitrogens with one attached hydrogen (secondary N) is 1. The molecule has 0 saturated heterocycles. The molecule has 112 valence electrons. The van der Waals surface area contributed by atoms with Crippen molar-refractivity contribution in [3.63, 3.8) is 0 Å². The molecule has 0 bridgehead atoms. The topological polar surface area (TPSA) is 12.0 Å². The Kier molecular flexibility index (Phi) is 6.09. The molecule has 0 heterocycles. The second kappa shape index (κ2) is 7.83. The summed E-state index contributed by atoms with van der Waals surface area (Å²) in [6, 6.07) is 12.5. The Morgan fingerprint density at radius 3 is 2.67 bits per heavy atom. The molecule has 0 aromatic heterocycles. The van der Waals surface area contributed by atoms with E-state index in [-0.39, 0.29) is 5.82 Å². The van der Waals surface area contributed by atoms with E-state index in [1.807, 2.05) is 18.2 Å². The maximum Gasteiger partial charge on any atom is 0.124 e. The molecule has 0 aliphatic heterocycles. The van der Waals surface area contributed by atoms with E-state index in [1.54, 1.807) is 6.07 Å². The van der Waals surface area contributed by atoms with Gasteiger partial charge in [-0.25, -0.2) is 4.39 Å². The van der Waals surface area contributed by atoms with Crippen LogP contribution in [0.2, 0.25) is 5.02 Å². The summed E-state index contributed by atoms with van der Waals surface area (Å²) in [6.07, 6.45) is 0. The first kappa shape index (κ1) is 16.3. The van der Waals surface area contributed by atoms with Crippen molar-refractivity contribution in [1.29, 1.82) is 0 Å². The molecule has 0 aliphatic carbocycles. The first-order chi connectivity index (χ1) is 10.1. The Labute approximate surface area is 134 Å². The van der Waals surface area contributed by atoms with Crippen molar-refractivity contribution in [1.82, 2.24) is 5.32 Å². The number of halogens is 2. The van der Waals surface area contributed by atoms with Crippen molar-refractivity contribution in [3.8, 4) is 0 Å². The van der Waals surface area contributed by atoms with Crippen LogP contribution in [0.15, 0.2) is 52.3 Å². The van der Waals surface area contributed by atoms with E-state index in [1.165, 1.54) is 23.9 Å². The average molecular weight is 324 g/mol. The number of hydrogen-bond donors (Lipinski definition) is 1. The van der Waals surface area contributed by atoms with E-state index >= 15 is 0 Å². The zero-order chi connectivity index (χ0) is 15.2. The molecule has 0 aliphatic rings. The minimum atomic E-state index is -0.230. The minimum Gasteiger partial charge on any atom is -0.312 e. The Hall–Kier alpha value is -1.03. The van der Waals surface area contributed by atoms with Gasteiger partial charge in [-0.1, -0.05) is 55.4 Å². The van der Waals surface area contributed by atoms with Crippen LogP contribution in [0.5, 0.6) is 0 Å². The molecule has 1 nitrogen and oxygen atoms in total. The van der Waals surface area contributed by atoms with Crippen LogP contribution in [-0.2, 0) is 6.54 Å². The van der Waals surface area contributed by atoms with Crippen molar-refractivity contribution in [2.45, 2.75) is 30.2 Å². The largest absolute Gasteiger partial charge is 0.312 e. The van der Waals surface area contributed by atoms with Gasteiger partial charge in [-0.05, 0) is 42.3 Å². The molecule has 4 heteroatoms. The van der Waals surface area contributed by atoms with Crippen LogP contribution < -0.4 is 5.32 Å². The molecule has 2 aromatic carbocycles. The fourth-order valence-electron chi connectivity index (χ4n) is 1.95. The average Bonchev–Trinajstić information content (AvgIpc) is 2.42.